The van der Waals surface area contributed by atoms with Crippen LogP contribution >= 0.6 is 0 Å². The van der Waals surface area contributed by atoms with Crippen LogP contribution in [0.5, 0.6) is 0 Å². The number of rotatable bonds is 4. The first-order chi connectivity index (χ1) is 10.4. The Morgan fingerprint density at radius 3 is 2.55 bits per heavy atom. The molecule has 126 valence electrons. The summed E-state index contributed by atoms with van der Waals surface area (Å²) in [5, 5.41) is 2.64. The average Bonchev–Trinajstić information content (AvgIpc) is 2.46. The normalized spacial score (nSPS) is 25.8. The van der Waals surface area contributed by atoms with E-state index in [2.05, 4.69) is 10.2 Å². The van der Waals surface area contributed by atoms with Crippen molar-refractivity contribution >= 4 is 11.8 Å². The maximum atomic E-state index is 13.3. The van der Waals surface area contributed by atoms with Gasteiger partial charge < -0.3 is 15.1 Å². The lowest BCUT2D eigenvalue weighted by atomic mass is 9.86. The lowest BCUT2D eigenvalue weighted by Crippen LogP contribution is -2.48. The molecule has 5 nitrogen and oxygen atoms in total. The molecule has 22 heavy (non-hydrogen) atoms. The van der Waals surface area contributed by atoms with Crippen molar-refractivity contribution in [3.63, 3.8) is 0 Å². The fraction of sp³-hybridized carbons (Fsp3) is 0.867. The highest BCUT2D eigenvalue weighted by molar-refractivity contribution is 5.80. The van der Waals surface area contributed by atoms with Gasteiger partial charge in [0, 0.05) is 57.9 Å². The van der Waals surface area contributed by atoms with Gasteiger partial charge in [0.05, 0.1) is 0 Å². The second kappa shape index (κ2) is 7.35. The topological polar surface area (TPSA) is 52.6 Å². The van der Waals surface area contributed by atoms with Crippen molar-refractivity contribution in [2.45, 2.75) is 38.0 Å². The molecule has 7 heteroatoms. The zero-order valence-electron chi connectivity index (χ0n) is 13.1. The van der Waals surface area contributed by atoms with Crippen LogP contribution in [0.2, 0.25) is 0 Å². The molecule has 0 aromatic heterocycles. The minimum Gasteiger partial charge on any atom is -0.355 e. The highest BCUT2D eigenvalue weighted by atomic mass is 19.3. The first-order valence-electron chi connectivity index (χ1n) is 7.99. The van der Waals surface area contributed by atoms with Crippen molar-refractivity contribution in [1.29, 1.82) is 0 Å². The molecule has 1 unspecified atom stereocenters. The van der Waals surface area contributed by atoms with E-state index in [1.54, 1.807) is 4.90 Å². The van der Waals surface area contributed by atoms with E-state index in [4.69, 9.17) is 0 Å². The SMILES string of the molecule is CN1CCN(C(=O)CCNC(=O)C2CCCC(F)(F)C2)CC1. The molecule has 1 saturated carbocycles. The summed E-state index contributed by atoms with van der Waals surface area (Å²) < 4.78 is 26.6. The number of nitrogens with zero attached hydrogens (tertiary/aromatic N) is 2. The average molecular weight is 317 g/mol. The number of carbonyl (C=O) groups excluding carboxylic acids is 2. The van der Waals surface area contributed by atoms with Crippen molar-refractivity contribution in [1.82, 2.24) is 15.1 Å². The van der Waals surface area contributed by atoms with Crippen LogP contribution in [0.3, 0.4) is 0 Å². The van der Waals surface area contributed by atoms with Crippen LogP contribution < -0.4 is 5.32 Å². The lowest BCUT2D eigenvalue weighted by Gasteiger charge is -2.32. The van der Waals surface area contributed by atoms with Crippen LogP contribution in [0.4, 0.5) is 8.78 Å². The molecular weight excluding hydrogens is 292 g/mol. The summed E-state index contributed by atoms with van der Waals surface area (Å²) in [5.74, 6) is -3.67. The van der Waals surface area contributed by atoms with Crippen molar-refractivity contribution in [2.24, 2.45) is 5.92 Å². The second-order valence-corrected chi connectivity index (χ2v) is 6.37. The van der Waals surface area contributed by atoms with Crippen molar-refractivity contribution in [3.8, 4) is 0 Å². The molecule has 1 heterocycles. The Bertz CT molecular complexity index is 410. The molecular formula is C15H25F2N3O2. The van der Waals surface area contributed by atoms with Crippen molar-refractivity contribution in [3.05, 3.63) is 0 Å². The number of hydrogen-bond donors (Lipinski definition) is 1. The van der Waals surface area contributed by atoms with Gasteiger partial charge in [0.2, 0.25) is 17.7 Å². The van der Waals surface area contributed by atoms with Crippen LogP contribution in [0.25, 0.3) is 0 Å². The maximum absolute atomic E-state index is 13.3. The third-order valence-electron chi connectivity index (χ3n) is 4.51. The van der Waals surface area contributed by atoms with Crippen molar-refractivity contribution < 1.29 is 18.4 Å². The molecule has 0 aromatic carbocycles. The number of halogens is 2. The van der Waals surface area contributed by atoms with Crippen LogP contribution in [-0.4, -0.2) is 67.3 Å². The number of likely N-dealkylation sites (N-methyl/N-ethyl adjacent to an activating group) is 1. The minimum absolute atomic E-state index is 0.0161. The van der Waals surface area contributed by atoms with E-state index in [1.165, 1.54) is 0 Å². The summed E-state index contributed by atoms with van der Waals surface area (Å²) in [6.45, 7) is 3.35. The standard InChI is InChI=1S/C15H25F2N3O2/c1-19-7-9-20(10-8-19)13(21)4-6-18-14(22)12-3-2-5-15(16,17)11-12/h12H,2-11H2,1H3,(H,18,22). The minimum atomic E-state index is -2.73. The Labute approximate surface area is 130 Å². The molecule has 1 aliphatic carbocycles. The second-order valence-electron chi connectivity index (χ2n) is 6.37. The molecule has 0 spiro atoms. The van der Waals surface area contributed by atoms with Gasteiger partial charge in [-0.25, -0.2) is 8.78 Å². The van der Waals surface area contributed by atoms with E-state index >= 15 is 0 Å². The van der Waals surface area contributed by atoms with Gasteiger partial charge in [-0.2, -0.15) is 0 Å². The summed E-state index contributed by atoms with van der Waals surface area (Å²) in [5.41, 5.74) is 0. The lowest BCUT2D eigenvalue weighted by molar-refractivity contribution is -0.134. The molecule has 1 N–H and O–H groups in total. The molecule has 1 atom stereocenters. The summed E-state index contributed by atoms with van der Waals surface area (Å²) in [6.07, 6.45) is 0.627. The number of nitrogens with one attached hydrogen (secondary N) is 1. The van der Waals surface area contributed by atoms with Crippen molar-refractivity contribution in [2.75, 3.05) is 39.8 Å². The van der Waals surface area contributed by atoms with Gasteiger partial charge >= 0.3 is 0 Å². The Balaban J connectivity index is 1.67. The number of carbonyl (C=O) groups is 2. The molecule has 2 rings (SSSR count). The molecule has 2 fully saturated rings. The predicted molar refractivity (Wildman–Crippen MR) is 78.6 cm³/mol. The Morgan fingerprint density at radius 1 is 1.23 bits per heavy atom. The van der Waals surface area contributed by atoms with Gasteiger partial charge in [0.25, 0.3) is 0 Å². The molecule has 1 saturated heterocycles. The number of hydrogen-bond acceptors (Lipinski definition) is 3. The first kappa shape index (κ1) is 17.1. The molecule has 0 radical (unpaired) electrons. The van der Waals surface area contributed by atoms with Gasteiger partial charge in [0.1, 0.15) is 0 Å². The summed E-state index contributed by atoms with van der Waals surface area (Å²) in [6, 6.07) is 0. The molecule has 0 bridgehead atoms. The van der Waals surface area contributed by atoms with E-state index in [-0.39, 0.29) is 37.6 Å². The fourth-order valence-electron chi connectivity index (χ4n) is 3.05. The van der Waals surface area contributed by atoms with Crippen LogP contribution in [0.1, 0.15) is 32.1 Å². The van der Waals surface area contributed by atoms with E-state index in [0.717, 1.165) is 13.1 Å². The monoisotopic (exact) mass is 317 g/mol. The number of alkyl halides is 2. The Hall–Kier alpha value is -1.24. The van der Waals surface area contributed by atoms with Gasteiger partial charge in [-0.1, -0.05) is 0 Å². The van der Waals surface area contributed by atoms with E-state index in [1.807, 2.05) is 7.05 Å². The van der Waals surface area contributed by atoms with E-state index in [0.29, 0.717) is 25.9 Å². The fourth-order valence-corrected chi connectivity index (χ4v) is 3.05. The molecule has 2 aliphatic rings. The highest BCUT2D eigenvalue weighted by Crippen LogP contribution is 2.36. The van der Waals surface area contributed by atoms with Crippen LogP contribution in [0.15, 0.2) is 0 Å². The van der Waals surface area contributed by atoms with Crippen LogP contribution in [-0.2, 0) is 9.59 Å². The third-order valence-corrected chi connectivity index (χ3v) is 4.51. The van der Waals surface area contributed by atoms with E-state index < -0.39 is 11.8 Å². The van der Waals surface area contributed by atoms with Gasteiger partial charge in [-0.3, -0.25) is 9.59 Å². The maximum Gasteiger partial charge on any atom is 0.248 e. The van der Waals surface area contributed by atoms with E-state index in [9.17, 15) is 18.4 Å². The Morgan fingerprint density at radius 2 is 1.91 bits per heavy atom. The zero-order valence-corrected chi connectivity index (χ0v) is 13.1. The predicted octanol–water partition coefficient (Wildman–Crippen LogP) is 1.09. The zero-order chi connectivity index (χ0) is 16.2. The summed E-state index contributed by atoms with van der Waals surface area (Å²) >= 11 is 0. The summed E-state index contributed by atoms with van der Waals surface area (Å²) in [4.78, 5) is 27.9. The van der Waals surface area contributed by atoms with Gasteiger partial charge in [-0.05, 0) is 19.9 Å². The van der Waals surface area contributed by atoms with Gasteiger partial charge in [0.15, 0.2) is 0 Å². The smallest absolute Gasteiger partial charge is 0.248 e. The number of amides is 2. The van der Waals surface area contributed by atoms with Gasteiger partial charge in [-0.15, -0.1) is 0 Å². The third kappa shape index (κ3) is 4.90. The molecule has 1 aliphatic heterocycles. The van der Waals surface area contributed by atoms with Crippen LogP contribution in [0, 0.1) is 5.92 Å². The molecule has 2 amide bonds. The largest absolute Gasteiger partial charge is 0.355 e. The number of piperazine rings is 1. The quantitative estimate of drug-likeness (QED) is 0.844. The Kier molecular flexibility index (Phi) is 5.72. The first-order valence-corrected chi connectivity index (χ1v) is 7.99. The highest BCUT2D eigenvalue weighted by Gasteiger charge is 2.39. The summed E-state index contributed by atoms with van der Waals surface area (Å²) in [7, 11) is 2.02. The molecule has 0 aromatic rings.